The maximum absolute atomic E-state index is 12.6. The number of methoxy groups -OCH3 is 3. The number of carbonyl (C=O) groups is 2. The minimum atomic E-state index is -0.380. The van der Waals surface area contributed by atoms with Crippen molar-refractivity contribution in [3.8, 4) is 17.2 Å². The molecule has 0 unspecified atom stereocenters. The lowest BCUT2D eigenvalue weighted by molar-refractivity contribution is -0.124. The second kappa shape index (κ2) is 9.45. The van der Waals surface area contributed by atoms with Crippen LogP contribution in [0.15, 0.2) is 48.2 Å². The largest absolute Gasteiger partial charge is 0.493 e. The Morgan fingerprint density at radius 3 is 1.96 bits per heavy atom. The Morgan fingerprint density at radius 2 is 1.50 bits per heavy atom. The average Bonchev–Trinajstić information content (AvgIpc) is 2.72. The summed E-state index contributed by atoms with van der Waals surface area (Å²) in [5.74, 6) is 0.599. The fourth-order valence-corrected chi connectivity index (χ4v) is 2.53. The van der Waals surface area contributed by atoms with E-state index < -0.39 is 0 Å². The summed E-state index contributed by atoms with van der Waals surface area (Å²) in [4.78, 5) is 26.5. The van der Waals surface area contributed by atoms with E-state index in [0.717, 1.165) is 0 Å². The highest BCUT2D eigenvalue weighted by molar-refractivity contribution is 6.05. The van der Waals surface area contributed by atoms with Crippen LogP contribution in [-0.4, -0.2) is 52.1 Å². The topological polar surface area (TPSA) is 77.1 Å². The fraction of sp³-hybridized carbons (Fsp3) is 0.238. The summed E-state index contributed by atoms with van der Waals surface area (Å²) in [6.45, 7) is 0. The van der Waals surface area contributed by atoms with Crippen LogP contribution in [0.4, 0.5) is 0 Å². The van der Waals surface area contributed by atoms with Gasteiger partial charge in [-0.25, -0.2) is 0 Å². The van der Waals surface area contributed by atoms with E-state index >= 15 is 0 Å². The standard InChI is InChI=1S/C21H24N2O5/c1-23(2)21(25)16(22-20(24)15-9-7-6-8-10-15)11-14-12-17(26-3)19(28-5)18(13-14)27-4/h6-13H,1-5H3,(H,22,24). The Balaban J connectivity index is 2.47. The predicted molar refractivity (Wildman–Crippen MR) is 107 cm³/mol. The molecule has 2 amide bonds. The van der Waals surface area contributed by atoms with Gasteiger partial charge in [-0.05, 0) is 35.9 Å². The normalized spacial score (nSPS) is 10.8. The Bertz CT molecular complexity index is 851. The van der Waals surface area contributed by atoms with Gasteiger partial charge in [0.25, 0.3) is 11.8 Å². The second-order valence-electron chi connectivity index (χ2n) is 6.04. The first-order chi connectivity index (χ1) is 13.4. The SMILES string of the molecule is COc1cc(C=C(NC(=O)c2ccccc2)C(=O)N(C)C)cc(OC)c1OC. The fourth-order valence-electron chi connectivity index (χ4n) is 2.53. The Hall–Kier alpha value is -3.48. The molecule has 0 heterocycles. The summed E-state index contributed by atoms with van der Waals surface area (Å²) in [5.41, 5.74) is 1.17. The first-order valence-corrected chi connectivity index (χ1v) is 8.51. The molecular formula is C21H24N2O5. The first-order valence-electron chi connectivity index (χ1n) is 8.51. The quantitative estimate of drug-likeness (QED) is 0.743. The van der Waals surface area contributed by atoms with E-state index in [2.05, 4.69) is 5.32 Å². The number of carbonyl (C=O) groups excluding carboxylic acids is 2. The van der Waals surface area contributed by atoms with Crippen LogP contribution in [0.2, 0.25) is 0 Å². The molecule has 0 atom stereocenters. The number of nitrogens with one attached hydrogen (secondary N) is 1. The zero-order valence-corrected chi connectivity index (χ0v) is 16.6. The molecule has 2 aromatic rings. The maximum Gasteiger partial charge on any atom is 0.269 e. The zero-order chi connectivity index (χ0) is 20.7. The summed E-state index contributed by atoms with van der Waals surface area (Å²) in [5, 5.41) is 2.68. The highest BCUT2D eigenvalue weighted by atomic mass is 16.5. The van der Waals surface area contributed by atoms with Gasteiger partial charge in [0.1, 0.15) is 5.70 Å². The molecule has 1 N–H and O–H groups in total. The lowest BCUT2D eigenvalue weighted by Crippen LogP contribution is -2.34. The van der Waals surface area contributed by atoms with Crippen LogP contribution >= 0.6 is 0 Å². The Kier molecular flexibility index (Phi) is 7.03. The second-order valence-corrected chi connectivity index (χ2v) is 6.04. The highest BCUT2D eigenvalue weighted by Gasteiger charge is 2.18. The number of likely N-dealkylation sites (N-methyl/N-ethyl adjacent to an activating group) is 1. The summed E-state index contributed by atoms with van der Waals surface area (Å²) in [7, 11) is 7.75. The molecule has 0 saturated carbocycles. The monoisotopic (exact) mass is 384 g/mol. The molecule has 0 aliphatic rings. The van der Waals surface area contributed by atoms with Crippen molar-refractivity contribution in [2.75, 3.05) is 35.4 Å². The molecule has 28 heavy (non-hydrogen) atoms. The Morgan fingerprint density at radius 1 is 0.929 bits per heavy atom. The van der Waals surface area contributed by atoms with Crippen LogP contribution in [0, 0.1) is 0 Å². The summed E-state index contributed by atoms with van der Waals surface area (Å²) >= 11 is 0. The van der Waals surface area contributed by atoms with Crippen LogP contribution in [0.3, 0.4) is 0 Å². The van der Waals surface area contributed by atoms with E-state index in [9.17, 15) is 9.59 Å². The molecule has 7 heteroatoms. The van der Waals surface area contributed by atoms with E-state index in [1.807, 2.05) is 6.07 Å². The van der Waals surface area contributed by atoms with Crippen LogP contribution in [0.1, 0.15) is 15.9 Å². The molecule has 7 nitrogen and oxygen atoms in total. The molecule has 0 bridgehead atoms. The van der Waals surface area contributed by atoms with Gasteiger partial charge in [0.15, 0.2) is 11.5 Å². The molecule has 0 radical (unpaired) electrons. The molecule has 0 saturated heterocycles. The maximum atomic E-state index is 12.6. The van der Waals surface area contributed by atoms with Crippen LogP contribution < -0.4 is 19.5 Å². The number of rotatable bonds is 7. The van der Waals surface area contributed by atoms with E-state index in [4.69, 9.17) is 14.2 Å². The minimum Gasteiger partial charge on any atom is -0.493 e. The van der Waals surface area contributed by atoms with E-state index in [1.54, 1.807) is 56.6 Å². The lowest BCUT2D eigenvalue weighted by atomic mass is 10.1. The van der Waals surface area contributed by atoms with Crippen molar-refractivity contribution in [2.45, 2.75) is 0 Å². The van der Waals surface area contributed by atoms with Gasteiger partial charge < -0.3 is 24.4 Å². The molecule has 0 aliphatic carbocycles. The van der Waals surface area contributed by atoms with Crippen molar-refractivity contribution >= 4 is 17.9 Å². The van der Waals surface area contributed by atoms with Gasteiger partial charge in [-0.1, -0.05) is 18.2 Å². The number of ether oxygens (including phenoxy) is 3. The van der Waals surface area contributed by atoms with Crippen molar-refractivity contribution in [3.05, 3.63) is 59.3 Å². The van der Waals surface area contributed by atoms with Gasteiger partial charge in [0.2, 0.25) is 5.75 Å². The first kappa shape index (κ1) is 20.8. The predicted octanol–water partition coefficient (Wildman–Crippen LogP) is 2.57. The zero-order valence-electron chi connectivity index (χ0n) is 16.6. The van der Waals surface area contributed by atoms with Gasteiger partial charge in [0.05, 0.1) is 21.3 Å². The van der Waals surface area contributed by atoms with Crippen molar-refractivity contribution in [1.82, 2.24) is 10.2 Å². The molecule has 148 valence electrons. The van der Waals surface area contributed by atoms with E-state index in [-0.39, 0.29) is 17.5 Å². The third-order valence-corrected chi connectivity index (χ3v) is 3.92. The third kappa shape index (κ3) is 4.82. The molecule has 2 rings (SSSR count). The third-order valence-electron chi connectivity index (χ3n) is 3.92. The average molecular weight is 384 g/mol. The van der Waals surface area contributed by atoms with Gasteiger partial charge in [-0.2, -0.15) is 0 Å². The van der Waals surface area contributed by atoms with Gasteiger partial charge >= 0.3 is 0 Å². The summed E-state index contributed by atoms with van der Waals surface area (Å²) in [6.07, 6.45) is 1.56. The van der Waals surface area contributed by atoms with Crippen molar-refractivity contribution < 1.29 is 23.8 Å². The van der Waals surface area contributed by atoms with Gasteiger partial charge in [-0.15, -0.1) is 0 Å². The number of benzene rings is 2. The van der Waals surface area contributed by atoms with Gasteiger partial charge in [0, 0.05) is 19.7 Å². The number of amides is 2. The summed E-state index contributed by atoms with van der Waals surface area (Å²) in [6, 6.07) is 12.1. The van der Waals surface area contributed by atoms with Crippen molar-refractivity contribution in [1.29, 1.82) is 0 Å². The molecule has 0 fully saturated rings. The number of hydrogen-bond acceptors (Lipinski definition) is 5. The van der Waals surface area contributed by atoms with Crippen LogP contribution in [-0.2, 0) is 4.79 Å². The van der Waals surface area contributed by atoms with Gasteiger partial charge in [-0.3, -0.25) is 9.59 Å². The molecule has 0 aromatic heterocycles. The molecule has 0 aliphatic heterocycles. The van der Waals surface area contributed by atoms with E-state index in [0.29, 0.717) is 28.4 Å². The van der Waals surface area contributed by atoms with Crippen molar-refractivity contribution in [2.24, 2.45) is 0 Å². The van der Waals surface area contributed by atoms with E-state index in [1.165, 1.54) is 26.2 Å². The summed E-state index contributed by atoms with van der Waals surface area (Å²) < 4.78 is 16.0. The number of hydrogen-bond donors (Lipinski definition) is 1. The Labute approximate surface area is 164 Å². The molecular weight excluding hydrogens is 360 g/mol. The molecule has 0 spiro atoms. The van der Waals surface area contributed by atoms with Crippen LogP contribution in [0.25, 0.3) is 6.08 Å². The van der Waals surface area contributed by atoms with Crippen molar-refractivity contribution in [3.63, 3.8) is 0 Å². The van der Waals surface area contributed by atoms with Crippen LogP contribution in [0.5, 0.6) is 17.2 Å². The highest BCUT2D eigenvalue weighted by Crippen LogP contribution is 2.38. The number of nitrogens with zero attached hydrogens (tertiary/aromatic N) is 1. The lowest BCUT2D eigenvalue weighted by Gasteiger charge is -2.16. The minimum absolute atomic E-state index is 0.119. The smallest absolute Gasteiger partial charge is 0.269 e. The molecule has 2 aromatic carbocycles.